The molecule has 0 aromatic carbocycles. The molecule has 0 spiro atoms. The number of allylic oxidation sites excluding steroid dienone is 2. The smallest absolute Gasteiger partial charge is 0.246 e. The van der Waals surface area contributed by atoms with Crippen LogP contribution in [0.5, 0.6) is 0 Å². The predicted molar refractivity (Wildman–Crippen MR) is 30.4 cm³/mol. The summed E-state index contributed by atoms with van der Waals surface area (Å²) in [5.41, 5.74) is -0.0255. The van der Waals surface area contributed by atoms with Gasteiger partial charge in [-0.15, -0.1) is 0 Å². The lowest BCUT2D eigenvalue weighted by Crippen LogP contribution is -1.96. The van der Waals surface area contributed by atoms with E-state index in [4.69, 9.17) is 0 Å². The van der Waals surface area contributed by atoms with E-state index in [0.717, 1.165) is 0 Å². The lowest BCUT2D eigenvalue weighted by atomic mass is 10.2. The largest absolute Gasteiger partial charge is 0.259 e. The summed E-state index contributed by atoms with van der Waals surface area (Å²) in [6, 6.07) is 0. The van der Waals surface area contributed by atoms with E-state index in [0.29, 0.717) is 0 Å². The van der Waals surface area contributed by atoms with Gasteiger partial charge in [-0.2, -0.15) is 0 Å². The number of hydrogen-bond acceptors (Lipinski definition) is 0. The van der Waals surface area contributed by atoms with Crippen molar-refractivity contribution in [1.29, 1.82) is 0 Å². The fraction of sp³-hybridized carbons (Fsp3) is 0.667. The topological polar surface area (TPSA) is 0 Å². The van der Waals surface area contributed by atoms with Gasteiger partial charge in [-0.25, -0.2) is 13.2 Å². The lowest BCUT2D eigenvalue weighted by molar-refractivity contribution is 0.187. The third kappa shape index (κ3) is 2.54. The second-order valence-corrected chi connectivity index (χ2v) is 1.90. The molecule has 0 rings (SSSR count). The van der Waals surface area contributed by atoms with E-state index in [-0.39, 0.29) is 11.1 Å². The standard InChI is InChI=1S/C6H9F3/c1-4(3-7)5(2)6(8)9/h6H,3H2,1-2H3. The first-order valence-corrected chi connectivity index (χ1v) is 2.60. The molecule has 54 valence electrons. The lowest BCUT2D eigenvalue weighted by Gasteiger charge is -2.00. The van der Waals surface area contributed by atoms with Crippen LogP contribution in [0.1, 0.15) is 13.8 Å². The molecule has 0 atom stereocenters. The fourth-order valence-corrected chi connectivity index (χ4v) is 0.292. The maximum Gasteiger partial charge on any atom is 0.259 e. The first-order valence-electron chi connectivity index (χ1n) is 2.60. The Kier molecular flexibility index (Phi) is 3.35. The third-order valence-electron chi connectivity index (χ3n) is 1.20. The van der Waals surface area contributed by atoms with E-state index in [1.807, 2.05) is 0 Å². The fourth-order valence-electron chi connectivity index (χ4n) is 0.292. The van der Waals surface area contributed by atoms with E-state index < -0.39 is 13.1 Å². The molecule has 0 aromatic rings. The van der Waals surface area contributed by atoms with Crippen molar-refractivity contribution in [3.8, 4) is 0 Å². The van der Waals surface area contributed by atoms with Gasteiger partial charge in [0.2, 0.25) is 0 Å². The maximum atomic E-state index is 11.6. The van der Waals surface area contributed by atoms with E-state index in [9.17, 15) is 13.2 Å². The molecule has 0 bridgehead atoms. The third-order valence-corrected chi connectivity index (χ3v) is 1.20. The second kappa shape index (κ2) is 3.54. The molecule has 0 nitrogen and oxygen atoms in total. The van der Waals surface area contributed by atoms with E-state index >= 15 is 0 Å². The molecule has 3 heteroatoms. The van der Waals surface area contributed by atoms with Gasteiger partial charge in [0.05, 0.1) is 0 Å². The highest BCUT2D eigenvalue weighted by Gasteiger charge is 2.07. The van der Waals surface area contributed by atoms with E-state index in [2.05, 4.69) is 0 Å². The van der Waals surface area contributed by atoms with Crippen molar-refractivity contribution in [2.24, 2.45) is 0 Å². The van der Waals surface area contributed by atoms with Gasteiger partial charge >= 0.3 is 0 Å². The summed E-state index contributed by atoms with van der Waals surface area (Å²) in [7, 11) is 0. The first kappa shape index (κ1) is 8.53. The minimum absolute atomic E-state index is 0.130. The minimum atomic E-state index is -2.51. The average molecular weight is 138 g/mol. The highest BCUT2D eigenvalue weighted by Crippen LogP contribution is 2.12. The molecule has 0 aliphatic rings. The van der Waals surface area contributed by atoms with Crippen LogP contribution in [0, 0.1) is 0 Å². The first-order chi connectivity index (χ1) is 4.09. The summed E-state index contributed by atoms with van der Waals surface area (Å²) in [6.07, 6.45) is -2.51. The maximum absolute atomic E-state index is 11.6. The van der Waals surface area contributed by atoms with E-state index in [1.165, 1.54) is 13.8 Å². The zero-order valence-electron chi connectivity index (χ0n) is 5.42. The predicted octanol–water partition coefficient (Wildman–Crippen LogP) is 2.56. The number of rotatable bonds is 2. The molecule has 0 amide bonds. The molecule has 0 radical (unpaired) electrons. The van der Waals surface area contributed by atoms with Gasteiger partial charge in [-0.05, 0) is 25.0 Å². The Morgan fingerprint density at radius 3 is 1.89 bits per heavy atom. The van der Waals surface area contributed by atoms with Gasteiger partial charge in [-0.3, -0.25) is 0 Å². The van der Waals surface area contributed by atoms with Crippen molar-refractivity contribution < 1.29 is 13.2 Å². The van der Waals surface area contributed by atoms with Crippen LogP contribution in [0.15, 0.2) is 11.1 Å². The average Bonchev–Trinajstić information content (AvgIpc) is 1.84. The van der Waals surface area contributed by atoms with Crippen LogP contribution in [0.3, 0.4) is 0 Å². The second-order valence-electron chi connectivity index (χ2n) is 1.90. The zero-order valence-corrected chi connectivity index (χ0v) is 5.42. The van der Waals surface area contributed by atoms with Crippen LogP contribution in [-0.2, 0) is 0 Å². The van der Waals surface area contributed by atoms with Gasteiger partial charge in [0.25, 0.3) is 6.43 Å². The molecule has 0 aromatic heterocycles. The van der Waals surface area contributed by atoms with Crippen LogP contribution in [0.25, 0.3) is 0 Å². The zero-order chi connectivity index (χ0) is 7.44. The van der Waals surface area contributed by atoms with Crippen molar-refractivity contribution in [2.75, 3.05) is 6.67 Å². The molecule has 0 aliphatic heterocycles. The van der Waals surface area contributed by atoms with Crippen molar-refractivity contribution >= 4 is 0 Å². The Bertz CT molecular complexity index is 115. The van der Waals surface area contributed by atoms with E-state index in [1.54, 1.807) is 0 Å². The monoisotopic (exact) mass is 138 g/mol. The normalized spacial score (nSPS) is 14.0. The Morgan fingerprint density at radius 1 is 1.33 bits per heavy atom. The van der Waals surface area contributed by atoms with Crippen molar-refractivity contribution in [2.45, 2.75) is 20.3 Å². The molecule has 0 unspecified atom stereocenters. The molecule has 0 saturated heterocycles. The summed E-state index contributed by atoms with van der Waals surface area (Å²) >= 11 is 0. The highest BCUT2D eigenvalue weighted by atomic mass is 19.3. The highest BCUT2D eigenvalue weighted by molar-refractivity contribution is 5.11. The van der Waals surface area contributed by atoms with Gasteiger partial charge < -0.3 is 0 Å². The SMILES string of the molecule is CC(CF)=C(C)C(F)F. The molecule has 0 aliphatic carbocycles. The Hall–Kier alpha value is -0.470. The van der Waals surface area contributed by atoms with Crippen molar-refractivity contribution in [3.05, 3.63) is 11.1 Å². The minimum Gasteiger partial charge on any atom is -0.246 e. The molecule has 9 heavy (non-hydrogen) atoms. The van der Waals surface area contributed by atoms with Crippen LogP contribution in [-0.4, -0.2) is 13.1 Å². The Morgan fingerprint density at radius 2 is 1.78 bits per heavy atom. The summed E-state index contributed by atoms with van der Waals surface area (Å²) < 4.78 is 34.9. The molecule has 0 N–H and O–H groups in total. The quantitative estimate of drug-likeness (QED) is 0.514. The summed E-state index contributed by atoms with van der Waals surface area (Å²) in [4.78, 5) is 0. The molecule has 0 heterocycles. The molecular weight excluding hydrogens is 129 g/mol. The molecule has 0 fully saturated rings. The Labute approximate surface area is 52.4 Å². The number of halogens is 3. The van der Waals surface area contributed by atoms with Crippen LogP contribution in [0.4, 0.5) is 13.2 Å². The molecular formula is C6H9F3. The van der Waals surface area contributed by atoms with Crippen LogP contribution in [0.2, 0.25) is 0 Å². The van der Waals surface area contributed by atoms with Gasteiger partial charge in [0, 0.05) is 0 Å². The summed E-state index contributed by atoms with van der Waals surface area (Å²) in [5.74, 6) is 0. The summed E-state index contributed by atoms with van der Waals surface area (Å²) in [5, 5.41) is 0. The van der Waals surface area contributed by atoms with Crippen LogP contribution < -0.4 is 0 Å². The number of alkyl halides is 3. The van der Waals surface area contributed by atoms with Crippen molar-refractivity contribution in [3.63, 3.8) is 0 Å². The Balaban J connectivity index is 4.10. The van der Waals surface area contributed by atoms with Crippen molar-refractivity contribution in [1.82, 2.24) is 0 Å². The summed E-state index contributed by atoms with van der Waals surface area (Å²) in [6.45, 7) is 1.82. The molecule has 0 saturated carbocycles. The van der Waals surface area contributed by atoms with Gasteiger partial charge in [0.1, 0.15) is 6.67 Å². The number of hydrogen-bond donors (Lipinski definition) is 0. The van der Waals surface area contributed by atoms with Crippen LogP contribution >= 0.6 is 0 Å². The van der Waals surface area contributed by atoms with Gasteiger partial charge in [-0.1, -0.05) is 0 Å². The van der Waals surface area contributed by atoms with Gasteiger partial charge in [0.15, 0.2) is 0 Å².